The predicted molar refractivity (Wildman–Crippen MR) is 98.0 cm³/mol. The maximum absolute atomic E-state index is 12.6. The molecule has 0 saturated carbocycles. The van der Waals surface area contributed by atoms with Crippen LogP contribution in [0.15, 0.2) is 35.7 Å². The lowest BCUT2D eigenvalue weighted by Crippen LogP contribution is -2.50. The second kappa shape index (κ2) is 7.64. The maximum atomic E-state index is 12.6. The number of hydrogen-bond acceptors (Lipinski definition) is 5. The molecule has 1 amide bonds. The van der Waals surface area contributed by atoms with E-state index in [0.29, 0.717) is 24.9 Å². The zero-order chi connectivity index (χ0) is 17.1. The number of nitrogens with zero attached hydrogens (tertiary/aromatic N) is 2. The fraction of sp³-hybridized carbons (Fsp3) is 0.474. The van der Waals surface area contributed by atoms with E-state index >= 15 is 0 Å². The second-order valence-electron chi connectivity index (χ2n) is 6.72. The van der Waals surface area contributed by atoms with Gasteiger partial charge in [0.1, 0.15) is 5.69 Å². The van der Waals surface area contributed by atoms with Crippen LogP contribution in [0.25, 0.3) is 0 Å². The fourth-order valence-corrected chi connectivity index (χ4v) is 4.43. The van der Waals surface area contributed by atoms with Crippen LogP contribution < -0.4 is 5.32 Å². The lowest BCUT2D eigenvalue weighted by atomic mass is 10.1. The maximum Gasteiger partial charge on any atom is 0.271 e. The van der Waals surface area contributed by atoms with Gasteiger partial charge in [0, 0.05) is 11.8 Å². The Morgan fingerprint density at radius 3 is 2.84 bits per heavy atom. The summed E-state index contributed by atoms with van der Waals surface area (Å²) in [6.45, 7) is 3.52. The molecule has 6 heteroatoms. The molecule has 0 bridgehead atoms. The molecule has 0 spiro atoms. The first-order chi connectivity index (χ1) is 12.3. The Morgan fingerprint density at radius 1 is 1.24 bits per heavy atom. The summed E-state index contributed by atoms with van der Waals surface area (Å²) < 4.78 is 5.63. The molecule has 2 saturated heterocycles. The van der Waals surface area contributed by atoms with Crippen LogP contribution in [0.2, 0.25) is 0 Å². The van der Waals surface area contributed by atoms with Gasteiger partial charge < -0.3 is 10.1 Å². The number of likely N-dealkylation sites (tertiary alicyclic amines) is 1. The van der Waals surface area contributed by atoms with Gasteiger partial charge in [-0.25, -0.2) is 4.98 Å². The summed E-state index contributed by atoms with van der Waals surface area (Å²) in [5.41, 5.74) is 1.73. The van der Waals surface area contributed by atoms with Gasteiger partial charge in [-0.05, 0) is 31.5 Å². The first-order valence-corrected chi connectivity index (χ1v) is 9.78. The van der Waals surface area contributed by atoms with Crippen molar-refractivity contribution in [3.63, 3.8) is 0 Å². The summed E-state index contributed by atoms with van der Waals surface area (Å²) in [6.07, 6.45) is 3.25. The first kappa shape index (κ1) is 16.7. The molecule has 1 N–H and O–H groups in total. The van der Waals surface area contributed by atoms with Crippen molar-refractivity contribution in [2.75, 3.05) is 26.3 Å². The highest BCUT2D eigenvalue weighted by Gasteiger charge is 2.35. The van der Waals surface area contributed by atoms with Crippen molar-refractivity contribution < 1.29 is 9.53 Å². The molecular weight excluding hydrogens is 334 g/mol. The molecular formula is C19H23N3O2S. The molecule has 1 aromatic carbocycles. The number of benzene rings is 1. The van der Waals surface area contributed by atoms with Crippen molar-refractivity contribution >= 4 is 17.2 Å². The van der Waals surface area contributed by atoms with E-state index in [1.807, 2.05) is 23.6 Å². The van der Waals surface area contributed by atoms with Gasteiger partial charge in [-0.1, -0.05) is 30.3 Å². The molecule has 2 aliphatic rings. The Labute approximate surface area is 152 Å². The molecule has 4 rings (SSSR count). The zero-order valence-corrected chi connectivity index (χ0v) is 15.0. The van der Waals surface area contributed by atoms with E-state index in [4.69, 9.17) is 4.74 Å². The van der Waals surface area contributed by atoms with E-state index < -0.39 is 0 Å². The number of carbonyl (C=O) groups excluding carboxylic acids is 1. The van der Waals surface area contributed by atoms with Gasteiger partial charge in [-0.3, -0.25) is 9.69 Å². The third-order valence-electron chi connectivity index (χ3n) is 4.96. The highest BCUT2D eigenvalue weighted by molar-refractivity contribution is 7.09. The molecule has 2 atom stereocenters. The summed E-state index contributed by atoms with van der Waals surface area (Å²) in [5.74, 6) is -0.0877. The average Bonchev–Trinajstić information content (AvgIpc) is 3.37. The van der Waals surface area contributed by atoms with Crippen LogP contribution in [0.5, 0.6) is 0 Å². The Kier molecular flexibility index (Phi) is 5.10. The van der Waals surface area contributed by atoms with E-state index in [0.717, 1.165) is 24.5 Å². The van der Waals surface area contributed by atoms with Crippen LogP contribution in [-0.4, -0.2) is 54.2 Å². The Balaban J connectivity index is 1.38. The van der Waals surface area contributed by atoms with Crippen molar-refractivity contribution in [1.29, 1.82) is 0 Å². The molecule has 5 nitrogen and oxygen atoms in total. The van der Waals surface area contributed by atoms with Crippen LogP contribution in [-0.2, 0) is 11.2 Å². The first-order valence-electron chi connectivity index (χ1n) is 8.90. The van der Waals surface area contributed by atoms with Crippen LogP contribution >= 0.6 is 11.3 Å². The van der Waals surface area contributed by atoms with Gasteiger partial charge in [-0.15, -0.1) is 11.3 Å². The number of hydrogen-bond donors (Lipinski definition) is 1. The third-order valence-corrected chi connectivity index (χ3v) is 5.81. The minimum atomic E-state index is -0.0877. The molecule has 0 radical (unpaired) electrons. The van der Waals surface area contributed by atoms with Crippen LogP contribution in [0.4, 0.5) is 0 Å². The number of carbonyl (C=O) groups is 1. The lowest BCUT2D eigenvalue weighted by molar-refractivity contribution is 0.0912. The topological polar surface area (TPSA) is 54.5 Å². The molecule has 132 valence electrons. The predicted octanol–water partition coefficient (Wildman–Crippen LogP) is 2.33. The van der Waals surface area contributed by atoms with E-state index in [2.05, 4.69) is 27.3 Å². The smallest absolute Gasteiger partial charge is 0.271 e. The molecule has 0 aliphatic carbocycles. The van der Waals surface area contributed by atoms with E-state index in [9.17, 15) is 4.79 Å². The standard InChI is InChI=1S/C19H23N3O2S/c23-19(21-15-11-24-12-17(15)22-8-4-5-9-22)16-13-25-18(20-16)10-14-6-2-1-3-7-14/h1-3,6-7,13,15,17H,4-5,8-12H2,(H,21,23)/t15-,17-/m1/s1. The van der Waals surface area contributed by atoms with E-state index in [1.165, 1.54) is 18.4 Å². The molecule has 0 unspecified atom stereocenters. The van der Waals surface area contributed by atoms with E-state index in [-0.39, 0.29) is 11.9 Å². The zero-order valence-electron chi connectivity index (χ0n) is 14.2. The minimum absolute atomic E-state index is 0.0601. The largest absolute Gasteiger partial charge is 0.378 e. The van der Waals surface area contributed by atoms with Crippen molar-refractivity contribution in [2.24, 2.45) is 0 Å². The van der Waals surface area contributed by atoms with E-state index in [1.54, 1.807) is 11.3 Å². The molecule has 1 aromatic heterocycles. The summed E-state index contributed by atoms with van der Waals surface area (Å²) in [4.78, 5) is 19.6. The Hall–Kier alpha value is -1.76. The molecule has 2 aliphatic heterocycles. The van der Waals surface area contributed by atoms with Crippen LogP contribution in [0.3, 0.4) is 0 Å². The van der Waals surface area contributed by atoms with Gasteiger partial charge in [0.05, 0.1) is 30.3 Å². The molecule has 2 aromatic rings. The van der Waals surface area contributed by atoms with Gasteiger partial charge in [0.15, 0.2) is 0 Å². The number of nitrogens with one attached hydrogen (secondary N) is 1. The second-order valence-corrected chi connectivity index (χ2v) is 7.66. The number of aromatic nitrogens is 1. The highest BCUT2D eigenvalue weighted by atomic mass is 32.1. The number of amides is 1. The average molecular weight is 357 g/mol. The normalized spacial score (nSPS) is 23.8. The van der Waals surface area contributed by atoms with Gasteiger partial charge in [-0.2, -0.15) is 0 Å². The van der Waals surface area contributed by atoms with Crippen LogP contribution in [0.1, 0.15) is 33.9 Å². The van der Waals surface area contributed by atoms with Gasteiger partial charge in [0.2, 0.25) is 0 Å². The summed E-state index contributed by atoms with van der Waals surface area (Å²) in [7, 11) is 0. The van der Waals surface area contributed by atoms with Gasteiger partial charge in [0.25, 0.3) is 5.91 Å². The van der Waals surface area contributed by atoms with Crippen molar-refractivity contribution in [1.82, 2.24) is 15.2 Å². The fourth-order valence-electron chi connectivity index (χ4n) is 3.62. The summed E-state index contributed by atoms with van der Waals surface area (Å²) >= 11 is 1.54. The SMILES string of the molecule is O=C(N[C@@H]1COC[C@H]1N1CCCC1)c1csc(Cc2ccccc2)n1. The Bertz CT molecular complexity index is 712. The van der Waals surface area contributed by atoms with Crippen LogP contribution in [0, 0.1) is 0 Å². The van der Waals surface area contributed by atoms with Crippen molar-refractivity contribution in [2.45, 2.75) is 31.3 Å². The van der Waals surface area contributed by atoms with Crippen molar-refractivity contribution in [3.05, 3.63) is 52.0 Å². The molecule has 25 heavy (non-hydrogen) atoms. The summed E-state index contributed by atoms with van der Waals surface area (Å²) in [6, 6.07) is 10.6. The number of ether oxygens (including phenoxy) is 1. The number of thiazole rings is 1. The third kappa shape index (κ3) is 3.92. The highest BCUT2D eigenvalue weighted by Crippen LogP contribution is 2.20. The Morgan fingerprint density at radius 2 is 2.04 bits per heavy atom. The monoisotopic (exact) mass is 357 g/mol. The van der Waals surface area contributed by atoms with Crippen molar-refractivity contribution in [3.8, 4) is 0 Å². The van der Waals surface area contributed by atoms with Gasteiger partial charge >= 0.3 is 0 Å². The quantitative estimate of drug-likeness (QED) is 0.892. The molecule has 2 fully saturated rings. The minimum Gasteiger partial charge on any atom is -0.378 e. The lowest BCUT2D eigenvalue weighted by Gasteiger charge is -2.27. The summed E-state index contributed by atoms with van der Waals surface area (Å²) in [5, 5.41) is 5.96. The molecule has 3 heterocycles. The number of rotatable bonds is 5.